The minimum atomic E-state index is 0.0181. The zero-order chi connectivity index (χ0) is 14.7. The second kappa shape index (κ2) is 5.78. The molecule has 0 saturated heterocycles. The van der Waals surface area contributed by atoms with Gasteiger partial charge in [-0.2, -0.15) is 0 Å². The Morgan fingerprint density at radius 3 is 2.25 bits per heavy atom. The normalized spacial score (nSPS) is 10.6. The lowest BCUT2D eigenvalue weighted by atomic mass is 10.0. The number of ketones is 1. The highest BCUT2D eigenvalue weighted by Crippen LogP contribution is 2.25. The molecule has 3 N–H and O–H groups in total. The molecule has 0 bridgehead atoms. The largest absolute Gasteiger partial charge is 0.397 e. The Kier molecular flexibility index (Phi) is 4.08. The molecule has 0 fully saturated rings. The van der Waals surface area contributed by atoms with Crippen LogP contribution in [0.2, 0.25) is 0 Å². The maximum atomic E-state index is 11.3. The number of rotatable bonds is 4. The van der Waals surface area contributed by atoms with E-state index in [4.69, 9.17) is 5.73 Å². The van der Waals surface area contributed by atoms with Gasteiger partial charge in [-0.1, -0.05) is 26.0 Å². The number of benzene rings is 2. The Bertz CT molecular complexity index is 615. The molecule has 104 valence electrons. The molecule has 3 heteroatoms. The summed E-state index contributed by atoms with van der Waals surface area (Å²) in [5.74, 6) is 0.536. The summed E-state index contributed by atoms with van der Waals surface area (Å²) in [5, 5.41) is 3.27. The molecule has 20 heavy (non-hydrogen) atoms. The summed E-state index contributed by atoms with van der Waals surface area (Å²) in [5.41, 5.74) is 10.3. The molecule has 3 nitrogen and oxygen atoms in total. The number of anilines is 3. The Morgan fingerprint density at radius 2 is 1.75 bits per heavy atom. The van der Waals surface area contributed by atoms with Gasteiger partial charge in [0.05, 0.1) is 11.4 Å². The minimum Gasteiger partial charge on any atom is -0.397 e. The van der Waals surface area contributed by atoms with Crippen molar-refractivity contribution in [1.82, 2.24) is 0 Å². The van der Waals surface area contributed by atoms with Crippen LogP contribution in [-0.4, -0.2) is 5.78 Å². The first-order valence-electron chi connectivity index (χ1n) is 6.75. The van der Waals surface area contributed by atoms with Gasteiger partial charge in [-0.3, -0.25) is 4.79 Å². The van der Waals surface area contributed by atoms with E-state index in [1.165, 1.54) is 12.5 Å². The number of nitrogen functional groups attached to an aromatic ring is 1. The summed E-state index contributed by atoms with van der Waals surface area (Å²) in [6.45, 7) is 5.87. The summed E-state index contributed by atoms with van der Waals surface area (Å²) in [6, 6.07) is 13.6. The second-order valence-corrected chi connectivity index (χ2v) is 5.26. The van der Waals surface area contributed by atoms with Crippen molar-refractivity contribution >= 4 is 22.8 Å². The van der Waals surface area contributed by atoms with Crippen LogP contribution in [0.5, 0.6) is 0 Å². The van der Waals surface area contributed by atoms with Gasteiger partial charge in [0, 0.05) is 11.3 Å². The predicted molar refractivity (Wildman–Crippen MR) is 84.7 cm³/mol. The van der Waals surface area contributed by atoms with Crippen LogP contribution in [0.3, 0.4) is 0 Å². The summed E-state index contributed by atoms with van der Waals surface area (Å²) in [4.78, 5) is 11.3. The highest BCUT2D eigenvalue weighted by atomic mass is 16.1. The Hall–Kier alpha value is -2.29. The van der Waals surface area contributed by atoms with E-state index in [9.17, 15) is 4.79 Å². The molecule has 0 radical (unpaired) electrons. The van der Waals surface area contributed by atoms with E-state index in [0.717, 1.165) is 11.4 Å². The maximum absolute atomic E-state index is 11.3. The molecular weight excluding hydrogens is 248 g/mol. The van der Waals surface area contributed by atoms with Crippen molar-refractivity contribution in [3.63, 3.8) is 0 Å². The maximum Gasteiger partial charge on any atom is 0.159 e. The van der Waals surface area contributed by atoms with Crippen molar-refractivity contribution in [2.24, 2.45) is 0 Å². The number of hydrogen-bond donors (Lipinski definition) is 2. The molecule has 0 aliphatic carbocycles. The molecule has 0 aliphatic rings. The average Bonchev–Trinajstić information content (AvgIpc) is 2.41. The smallest absolute Gasteiger partial charge is 0.159 e. The molecule has 0 heterocycles. The average molecular weight is 268 g/mol. The van der Waals surface area contributed by atoms with Crippen LogP contribution in [0, 0.1) is 0 Å². The fourth-order valence-electron chi connectivity index (χ4n) is 2.00. The number of nitrogens with two attached hydrogens (primary N) is 1. The quantitative estimate of drug-likeness (QED) is 0.640. The molecule has 0 spiro atoms. The first-order valence-corrected chi connectivity index (χ1v) is 6.75. The van der Waals surface area contributed by atoms with Gasteiger partial charge in [0.15, 0.2) is 5.78 Å². The third kappa shape index (κ3) is 3.18. The molecule has 0 atom stereocenters. The van der Waals surface area contributed by atoms with E-state index < -0.39 is 0 Å². The van der Waals surface area contributed by atoms with E-state index in [-0.39, 0.29) is 5.78 Å². The molecular formula is C17H20N2O. The van der Waals surface area contributed by atoms with Crippen LogP contribution in [0.1, 0.15) is 42.6 Å². The highest BCUT2D eigenvalue weighted by molar-refractivity contribution is 5.96. The first kappa shape index (κ1) is 14.1. The number of nitrogens with one attached hydrogen (secondary N) is 1. The minimum absolute atomic E-state index is 0.0181. The SMILES string of the molecule is CC(=O)c1ccc(Nc2ccc(C(C)C)cc2)c(N)c1. The lowest BCUT2D eigenvalue weighted by Crippen LogP contribution is -2.00. The van der Waals surface area contributed by atoms with E-state index in [1.54, 1.807) is 12.1 Å². The van der Waals surface area contributed by atoms with Crippen LogP contribution >= 0.6 is 0 Å². The van der Waals surface area contributed by atoms with Gasteiger partial charge in [-0.05, 0) is 48.7 Å². The number of carbonyl (C=O) groups excluding carboxylic acids is 1. The molecule has 0 saturated carbocycles. The van der Waals surface area contributed by atoms with Crippen LogP contribution in [0.4, 0.5) is 17.1 Å². The summed E-state index contributed by atoms with van der Waals surface area (Å²) in [6.07, 6.45) is 0. The third-order valence-electron chi connectivity index (χ3n) is 3.31. The van der Waals surface area contributed by atoms with Crippen molar-refractivity contribution in [2.45, 2.75) is 26.7 Å². The van der Waals surface area contributed by atoms with Crippen molar-refractivity contribution < 1.29 is 4.79 Å². The molecule has 0 aliphatic heterocycles. The lowest BCUT2D eigenvalue weighted by molar-refractivity contribution is 0.101. The highest BCUT2D eigenvalue weighted by Gasteiger charge is 2.05. The lowest BCUT2D eigenvalue weighted by Gasteiger charge is -2.12. The van der Waals surface area contributed by atoms with Gasteiger partial charge < -0.3 is 11.1 Å². The van der Waals surface area contributed by atoms with Crippen molar-refractivity contribution in [2.75, 3.05) is 11.1 Å². The predicted octanol–water partition coefficient (Wildman–Crippen LogP) is 4.34. The second-order valence-electron chi connectivity index (χ2n) is 5.26. The van der Waals surface area contributed by atoms with Crippen molar-refractivity contribution in [1.29, 1.82) is 0 Å². The van der Waals surface area contributed by atoms with Gasteiger partial charge in [0.25, 0.3) is 0 Å². The third-order valence-corrected chi connectivity index (χ3v) is 3.31. The summed E-state index contributed by atoms with van der Waals surface area (Å²) >= 11 is 0. The number of hydrogen-bond acceptors (Lipinski definition) is 3. The fourth-order valence-corrected chi connectivity index (χ4v) is 2.00. The van der Waals surface area contributed by atoms with Crippen LogP contribution in [0.25, 0.3) is 0 Å². The topological polar surface area (TPSA) is 55.1 Å². The van der Waals surface area contributed by atoms with Gasteiger partial charge in [-0.25, -0.2) is 0 Å². The van der Waals surface area contributed by atoms with Gasteiger partial charge in [0.2, 0.25) is 0 Å². The zero-order valence-electron chi connectivity index (χ0n) is 12.1. The standard InChI is InChI=1S/C17H20N2O/c1-11(2)13-4-7-15(8-5-13)19-17-9-6-14(12(3)20)10-16(17)18/h4-11,19H,18H2,1-3H3. The molecule has 0 unspecified atom stereocenters. The van der Waals surface area contributed by atoms with Crippen LogP contribution in [-0.2, 0) is 0 Å². The Balaban J connectivity index is 2.19. The molecule has 2 aromatic rings. The zero-order valence-corrected chi connectivity index (χ0v) is 12.1. The fraction of sp³-hybridized carbons (Fsp3) is 0.235. The van der Waals surface area contributed by atoms with E-state index in [2.05, 4.69) is 31.3 Å². The summed E-state index contributed by atoms with van der Waals surface area (Å²) < 4.78 is 0. The monoisotopic (exact) mass is 268 g/mol. The van der Waals surface area contributed by atoms with Crippen LogP contribution in [0.15, 0.2) is 42.5 Å². The van der Waals surface area contributed by atoms with Gasteiger partial charge in [0.1, 0.15) is 0 Å². The summed E-state index contributed by atoms with van der Waals surface area (Å²) in [7, 11) is 0. The van der Waals surface area contributed by atoms with Gasteiger partial charge >= 0.3 is 0 Å². The molecule has 0 amide bonds. The number of carbonyl (C=O) groups is 1. The molecule has 0 aromatic heterocycles. The van der Waals surface area contributed by atoms with Crippen molar-refractivity contribution in [3.05, 3.63) is 53.6 Å². The Morgan fingerprint density at radius 1 is 1.10 bits per heavy atom. The number of Topliss-reactive ketones (excluding diaryl/α,β-unsaturated/α-hetero) is 1. The van der Waals surface area contributed by atoms with Crippen molar-refractivity contribution in [3.8, 4) is 0 Å². The van der Waals surface area contributed by atoms with E-state index in [0.29, 0.717) is 17.2 Å². The van der Waals surface area contributed by atoms with Crippen LogP contribution < -0.4 is 11.1 Å². The van der Waals surface area contributed by atoms with Gasteiger partial charge in [-0.15, -0.1) is 0 Å². The van der Waals surface area contributed by atoms with E-state index in [1.807, 2.05) is 18.2 Å². The molecule has 2 rings (SSSR count). The Labute approximate surface area is 119 Å². The first-order chi connectivity index (χ1) is 9.47. The van der Waals surface area contributed by atoms with E-state index >= 15 is 0 Å². The molecule has 2 aromatic carbocycles.